The molecule has 1 N–H and O–H groups in total. The molecule has 0 spiro atoms. The Morgan fingerprint density at radius 2 is 1.92 bits per heavy atom. The van der Waals surface area contributed by atoms with Gasteiger partial charge >= 0.3 is 0 Å². The molecule has 25 heavy (non-hydrogen) atoms. The van der Waals surface area contributed by atoms with Crippen LogP contribution in [0.5, 0.6) is 5.75 Å². The summed E-state index contributed by atoms with van der Waals surface area (Å²) in [5.41, 5.74) is 3.06. The van der Waals surface area contributed by atoms with Crippen LogP contribution in [-0.4, -0.2) is 28.9 Å². The second-order valence-electron chi connectivity index (χ2n) is 5.53. The monoisotopic (exact) mass is 370 g/mol. The number of ether oxygens (including phenoxy) is 1. The van der Waals surface area contributed by atoms with Gasteiger partial charge in [-0.2, -0.15) is 0 Å². The molecule has 0 aliphatic carbocycles. The lowest BCUT2D eigenvalue weighted by atomic mass is 10.2. The normalized spacial score (nSPS) is 15.8. The van der Waals surface area contributed by atoms with E-state index in [1.807, 2.05) is 61.5 Å². The number of methoxy groups -OCH3 is 1. The summed E-state index contributed by atoms with van der Waals surface area (Å²) in [6.07, 6.45) is 1.85. The summed E-state index contributed by atoms with van der Waals surface area (Å²) >= 11 is 6.69. The van der Waals surface area contributed by atoms with E-state index in [0.29, 0.717) is 15.9 Å². The van der Waals surface area contributed by atoms with Gasteiger partial charge in [-0.3, -0.25) is 9.69 Å². The first-order valence-electron chi connectivity index (χ1n) is 7.77. The fraction of sp³-hybridized carbons (Fsp3) is 0.158. The summed E-state index contributed by atoms with van der Waals surface area (Å²) in [7, 11) is 1.63. The average Bonchev–Trinajstić information content (AvgIpc) is 2.88. The lowest BCUT2D eigenvalue weighted by molar-refractivity contribution is -0.121. The first-order chi connectivity index (χ1) is 12.1. The van der Waals surface area contributed by atoms with Crippen molar-refractivity contribution in [2.75, 3.05) is 19.1 Å². The molecule has 1 heterocycles. The number of carbonyl (C=O) groups is 1. The Bertz CT molecular complexity index is 832. The number of thiocarbonyl (C=S) groups is 1. The number of nitrogens with one attached hydrogen (secondary N) is 1. The number of aryl methyl sites for hydroxylation is 1. The lowest BCUT2D eigenvalue weighted by Gasteiger charge is -2.17. The molecule has 1 aliphatic rings. The Hall–Kier alpha value is -2.31. The zero-order valence-corrected chi connectivity index (χ0v) is 15.6. The van der Waals surface area contributed by atoms with E-state index in [1.54, 1.807) is 12.0 Å². The molecule has 0 radical (unpaired) electrons. The fourth-order valence-electron chi connectivity index (χ4n) is 2.42. The van der Waals surface area contributed by atoms with Gasteiger partial charge in [0.05, 0.1) is 18.7 Å². The number of para-hydroxylation sites is 1. The molecule has 128 valence electrons. The molecule has 0 aromatic heterocycles. The maximum absolute atomic E-state index is 12.6. The topological polar surface area (TPSA) is 41.6 Å². The molecule has 1 fully saturated rings. The molecule has 0 atom stereocenters. The Labute approximate surface area is 156 Å². The van der Waals surface area contributed by atoms with Gasteiger partial charge in [-0.25, -0.2) is 0 Å². The molecular formula is C19H18N2O2S2. The standard InChI is InChI=1S/C19H18N2O2S2/c1-13-5-3-4-6-16(13)20-12-21-18(22)17(25-19(21)24)11-14-7-9-15(23-2)10-8-14/h3-11,20H,12H2,1-2H3/b17-11+. The molecule has 1 amide bonds. The van der Waals surface area contributed by atoms with Gasteiger partial charge in [0, 0.05) is 5.69 Å². The molecule has 0 bridgehead atoms. The van der Waals surface area contributed by atoms with Crippen LogP contribution in [0.4, 0.5) is 5.69 Å². The van der Waals surface area contributed by atoms with E-state index in [-0.39, 0.29) is 5.91 Å². The SMILES string of the molecule is COc1ccc(/C=C2/SC(=S)N(CNc3ccccc3C)C2=O)cc1. The quantitative estimate of drug-likeness (QED) is 0.629. The van der Waals surface area contributed by atoms with Gasteiger partial charge in [-0.05, 0) is 42.3 Å². The number of nitrogens with zero attached hydrogens (tertiary/aromatic N) is 1. The van der Waals surface area contributed by atoms with Crippen LogP contribution in [0.1, 0.15) is 11.1 Å². The molecule has 6 heteroatoms. The van der Waals surface area contributed by atoms with Gasteiger partial charge in [-0.1, -0.05) is 54.3 Å². The number of hydrogen-bond acceptors (Lipinski definition) is 5. The second-order valence-corrected chi connectivity index (χ2v) is 7.21. The molecule has 0 unspecified atom stereocenters. The van der Waals surface area contributed by atoms with Crippen LogP contribution < -0.4 is 10.1 Å². The third-order valence-corrected chi connectivity index (χ3v) is 5.24. The summed E-state index contributed by atoms with van der Waals surface area (Å²) in [6, 6.07) is 15.5. The minimum absolute atomic E-state index is 0.0769. The first-order valence-corrected chi connectivity index (χ1v) is 9.00. The van der Waals surface area contributed by atoms with Crippen LogP contribution in [0.15, 0.2) is 53.4 Å². The Kier molecular flexibility index (Phi) is 5.40. The van der Waals surface area contributed by atoms with Gasteiger partial charge in [0.1, 0.15) is 10.1 Å². The van der Waals surface area contributed by atoms with Crippen molar-refractivity contribution in [3.8, 4) is 5.75 Å². The van der Waals surface area contributed by atoms with Gasteiger partial charge in [0.2, 0.25) is 0 Å². The van der Waals surface area contributed by atoms with Crippen LogP contribution in [-0.2, 0) is 4.79 Å². The first kappa shape index (κ1) is 17.5. The van der Waals surface area contributed by atoms with Crippen molar-refractivity contribution in [3.63, 3.8) is 0 Å². The van der Waals surface area contributed by atoms with Crippen LogP contribution in [0.2, 0.25) is 0 Å². The van der Waals surface area contributed by atoms with E-state index in [1.165, 1.54) is 11.8 Å². The van der Waals surface area contributed by atoms with Crippen LogP contribution in [0.3, 0.4) is 0 Å². The van der Waals surface area contributed by atoms with E-state index in [9.17, 15) is 4.79 Å². The van der Waals surface area contributed by atoms with E-state index in [4.69, 9.17) is 17.0 Å². The minimum atomic E-state index is -0.0769. The third kappa shape index (κ3) is 4.03. The largest absolute Gasteiger partial charge is 0.497 e. The highest BCUT2D eigenvalue weighted by atomic mass is 32.2. The summed E-state index contributed by atoms with van der Waals surface area (Å²) in [4.78, 5) is 14.8. The molecule has 1 saturated heterocycles. The summed E-state index contributed by atoms with van der Waals surface area (Å²) < 4.78 is 5.71. The van der Waals surface area contributed by atoms with Crippen molar-refractivity contribution in [1.29, 1.82) is 0 Å². The number of thioether (sulfide) groups is 1. The molecule has 2 aromatic carbocycles. The smallest absolute Gasteiger partial charge is 0.267 e. The lowest BCUT2D eigenvalue weighted by Crippen LogP contribution is -2.33. The van der Waals surface area contributed by atoms with Crippen molar-refractivity contribution in [1.82, 2.24) is 4.90 Å². The van der Waals surface area contributed by atoms with Gasteiger partial charge < -0.3 is 10.1 Å². The number of benzene rings is 2. The fourth-order valence-corrected chi connectivity index (χ4v) is 3.68. The number of anilines is 1. The van der Waals surface area contributed by atoms with Crippen molar-refractivity contribution in [3.05, 3.63) is 64.6 Å². The molecule has 3 rings (SSSR count). The average molecular weight is 370 g/mol. The Morgan fingerprint density at radius 3 is 2.60 bits per heavy atom. The number of rotatable bonds is 5. The molecule has 1 aliphatic heterocycles. The zero-order chi connectivity index (χ0) is 17.8. The summed E-state index contributed by atoms with van der Waals surface area (Å²) in [5.74, 6) is 0.707. The summed E-state index contributed by atoms with van der Waals surface area (Å²) in [5, 5.41) is 3.28. The highest BCUT2D eigenvalue weighted by Gasteiger charge is 2.31. The predicted molar refractivity (Wildman–Crippen MR) is 108 cm³/mol. The van der Waals surface area contributed by atoms with E-state index < -0.39 is 0 Å². The molecule has 0 saturated carbocycles. The van der Waals surface area contributed by atoms with E-state index >= 15 is 0 Å². The van der Waals surface area contributed by atoms with Gasteiger partial charge in [-0.15, -0.1) is 0 Å². The van der Waals surface area contributed by atoms with E-state index in [2.05, 4.69) is 5.32 Å². The van der Waals surface area contributed by atoms with Gasteiger partial charge in [0.25, 0.3) is 5.91 Å². The molecule has 2 aromatic rings. The Balaban J connectivity index is 1.71. The van der Waals surface area contributed by atoms with Crippen LogP contribution >= 0.6 is 24.0 Å². The van der Waals surface area contributed by atoms with Crippen LogP contribution in [0, 0.1) is 6.92 Å². The zero-order valence-electron chi connectivity index (χ0n) is 14.0. The van der Waals surface area contributed by atoms with Crippen LogP contribution in [0.25, 0.3) is 6.08 Å². The molecule has 4 nitrogen and oxygen atoms in total. The number of amides is 1. The predicted octanol–water partition coefficient (Wildman–Crippen LogP) is 4.27. The van der Waals surface area contributed by atoms with Crippen molar-refractivity contribution < 1.29 is 9.53 Å². The maximum atomic E-state index is 12.6. The van der Waals surface area contributed by atoms with Crippen molar-refractivity contribution >= 4 is 46.0 Å². The third-order valence-electron chi connectivity index (χ3n) is 3.86. The van der Waals surface area contributed by atoms with E-state index in [0.717, 1.165) is 22.6 Å². The maximum Gasteiger partial charge on any atom is 0.267 e. The highest BCUT2D eigenvalue weighted by Crippen LogP contribution is 2.32. The number of carbonyl (C=O) groups excluding carboxylic acids is 1. The van der Waals surface area contributed by atoms with Crippen molar-refractivity contribution in [2.45, 2.75) is 6.92 Å². The number of hydrogen-bond donors (Lipinski definition) is 1. The Morgan fingerprint density at radius 1 is 1.20 bits per heavy atom. The minimum Gasteiger partial charge on any atom is -0.497 e. The molecular weight excluding hydrogens is 352 g/mol. The van der Waals surface area contributed by atoms with Gasteiger partial charge in [0.15, 0.2) is 0 Å². The summed E-state index contributed by atoms with van der Waals surface area (Å²) in [6.45, 7) is 2.38. The highest BCUT2D eigenvalue weighted by molar-refractivity contribution is 8.26. The van der Waals surface area contributed by atoms with Crippen molar-refractivity contribution in [2.24, 2.45) is 0 Å². The second kappa shape index (κ2) is 7.72.